The lowest BCUT2D eigenvalue weighted by Gasteiger charge is -2.06. The molecule has 1 aromatic carbocycles. The lowest BCUT2D eigenvalue weighted by atomic mass is 10.3. The van der Waals surface area contributed by atoms with Crippen LogP contribution in [0.25, 0.3) is 0 Å². The molecule has 0 saturated carbocycles. The molecule has 132 valence electrons. The van der Waals surface area contributed by atoms with E-state index in [-0.39, 0.29) is 12.4 Å². The quantitative estimate of drug-likeness (QED) is 0.480. The maximum Gasteiger partial charge on any atom is 0.237 e. The predicted octanol–water partition coefficient (Wildman–Crippen LogP) is 2.34. The second-order valence-corrected chi connectivity index (χ2v) is 6.07. The van der Waals surface area contributed by atoms with Gasteiger partial charge in [0.2, 0.25) is 11.0 Å². The number of rotatable bonds is 8. The lowest BCUT2D eigenvalue weighted by Crippen LogP contribution is -2.16. The van der Waals surface area contributed by atoms with Crippen LogP contribution in [-0.2, 0) is 18.8 Å². The van der Waals surface area contributed by atoms with Crippen LogP contribution in [0.5, 0.6) is 5.75 Å². The third kappa shape index (κ3) is 4.27. The molecule has 2 aromatic heterocycles. The molecule has 0 aliphatic rings. The molecule has 0 atom stereocenters. The third-order valence-electron chi connectivity index (χ3n) is 3.24. The van der Waals surface area contributed by atoms with E-state index >= 15 is 0 Å². The zero-order chi connectivity index (χ0) is 17.6. The van der Waals surface area contributed by atoms with Crippen molar-refractivity contribution >= 4 is 11.8 Å². The number of para-hydroxylation sites is 1. The highest BCUT2D eigenvalue weighted by Crippen LogP contribution is 2.21. The van der Waals surface area contributed by atoms with Gasteiger partial charge in [-0.05, 0) is 18.6 Å². The van der Waals surface area contributed by atoms with Crippen LogP contribution in [0.15, 0.2) is 33.9 Å². The summed E-state index contributed by atoms with van der Waals surface area (Å²) in [4.78, 5) is 4.27. The second kappa shape index (κ2) is 7.97. The molecule has 0 radical (unpaired) electrons. The van der Waals surface area contributed by atoms with Gasteiger partial charge in [-0.15, -0.1) is 10.2 Å². The van der Waals surface area contributed by atoms with Gasteiger partial charge in [-0.3, -0.25) is 0 Å². The van der Waals surface area contributed by atoms with Gasteiger partial charge >= 0.3 is 0 Å². The number of aromatic nitrogens is 5. The molecule has 3 rings (SSSR count). The van der Waals surface area contributed by atoms with Crippen LogP contribution in [-0.4, -0.2) is 25.0 Å². The molecule has 0 bridgehead atoms. The van der Waals surface area contributed by atoms with E-state index in [4.69, 9.17) is 15.1 Å². The Morgan fingerprint density at radius 1 is 1.32 bits per heavy atom. The lowest BCUT2D eigenvalue weighted by molar-refractivity contribution is 0.277. The number of halogens is 1. The highest BCUT2D eigenvalue weighted by Gasteiger charge is 2.14. The van der Waals surface area contributed by atoms with Gasteiger partial charge in [0.05, 0.1) is 5.75 Å². The van der Waals surface area contributed by atoms with Crippen molar-refractivity contribution in [2.45, 2.75) is 37.3 Å². The summed E-state index contributed by atoms with van der Waals surface area (Å²) < 4.78 is 25.4. The van der Waals surface area contributed by atoms with Crippen molar-refractivity contribution in [1.29, 1.82) is 0 Å². The first-order chi connectivity index (χ1) is 12.2. The number of ether oxygens (including phenoxy) is 1. The van der Waals surface area contributed by atoms with Gasteiger partial charge in [-0.25, -0.2) is 9.07 Å². The molecule has 0 amide bonds. The number of nitrogen functional groups attached to an aromatic ring is 1. The summed E-state index contributed by atoms with van der Waals surface area (Å²) in [6, 6.07) is 6.13. The van der Waals surface area contributed by atoms with E-state index in [0.29, 0.717) is 28.4 Å². The largest absolute Gasteiger partial charge is 0.482 e. The number of aryl methyl sites for hydroxylation is 1. The summed E-state index contributed by atoms with van der Waals surface area (Å²) in [6.07, 6.45) is 1.73. The number of thioether (sulfide) groups is 1. The molecule has 25 heavy (non-hydrogen) atoms. The number of hydrogen-bond acceptors (Lipinski definition) is 8. The molecule has 0 fully saturated rings. The van der Waals surface area contributed by atoms with E-state index in [1.807, 2.05) is 6.92 Å². The highest BCUT2D eigenvalue weighted by molar-refractivity contribution is 7.98. The Kier molecular flexibility index (Phi) is 5.49. The molecule has 0 spiro atoms. The van der Waals surface area contributed by atoms with Gasteiger partial charge < -0.3 is 15.1 Å². The van der Waals surface area contributed by atoms with Crippen molar-refractivity contribution < 1.29 is 13.7 Å². The van der Waals surface area contributed by atoms with Gasteiger partial charge in [0, 0.05) is 6.42 Å². The van der Waals surface area contributed by atoms with Crippen molar-refractivity contribution in [3.05, 3.63) is 47.6 Å². The van der Waals surface area contributed by atoms with Crippen molar-refractivity contribution in [2.24, 2.45) is 0 Å². The predicted molar refractivity (Wildman–Crippen MR) is 88.8 cm³/mol. The van der Waals surface area contributed by atoms with Crippen LogP contribution in [0, 0.1) is 5.82 Å². The minimum Gasteiger partial charge on any atom is -0.482 e. The summed E-state index contributed by atoms with van der Waals surface area (Å²) in [6.45, 7) is 2.05. The van der Waals surface area contributed by atoms with E-state index in [1.165, 1.54) is 28.6 Å². The molecule has 0 unspecified atom stereocenters. The maximum absolute atomic E-state index is 13.5. The SMILES string of the molecule is CCCc1noc(CSc2nnc(COc3ccccc3F)n2N)n1. The van der Waals surface area contributed by atoms with Crippen molar-refractivity contribution in [2.75, 3.05) is 5.84 Å². The van der Waals surface area contributed by atoms with Crippen LogP contribution < -0.4 is 10.6 Å². The molecule has 2 heterocycles. The van der Waals surface area contributed by atoms with Crippen LogP contribution in [0.1, 0.15) is 30.9 Å². The Morgan fingerprint density at radius 3 is 2.96 bits per heavy atom. The van der Waals surface area contributed by atoms with Crippen LogP contribution in [0.4, 0.5) is 4.39 Å². The van der Waals surface area contributed by atoms with Crippen molar-refractivity contribution in [3.8, 4) is 5.75 Å². The third-order valence-corrected chi connectivity index (χ3v) is 4.16. The van der Waals surface area contributed by atoms with E-state index in [0.717, 1.165) is 12.8 Å². The van der Waals surface area contributed by atoms with Gasteiger partial charge in [0.25, 0.3) is 0 Å². The van der Waals surface area contributed by atoms with Crippen molar-refractivity contribution in [3.63, 3.8) is 0 Å². The van der Waals surface area contributed by atoms with E-state index in [9.17, 15) is 4.39 Å². The molecule has 3 aromatic rings. The summed E-state index contributed by atoms with van der Waals surface area (Å²) in [5.41, 5.74) is 0. The Bertz CT molecular complexity index is 837. The Hall–Kier alpha value is -2.62. The van der Waals surface area contributed by atoms with Crippen LogP contribution in [0.3, 0.4) is 0 Å². The first kappa shape index (κ1) is 17.2. The van der Waals surface area contributed by atoms with Gasteiger partial charge in [0.15, 0.2) is 23.2 Å². The molecule has 0 aliphatic carbocycles. The van der Waals surface area contributed by atoms with E-state index in [1.54, 1.807) is 12.1 Å². The monoisotopic (exact) mass is 364 g/mol. The standard InChI is InChI=1S/C15H17FN6O2S/c1-2-5-12-18-14(24-21-12)9-25-15-20-19-13(22(15)17)8-23-11-7-4-3-6-10(11)16/h3-4,6-7H,2,5,8-9,17H2,1H3. The zero-order valence-electron chi connectivity index (χ0n) is 13.6. The Balaban J connectivity index is 1.58. The summed E-state index contributed by atoms with van der Waals surface area (Å²) >= 11 is 1.32. The topological polar surface area (TPSA) is 105 Å². The van der Waals surface area contributed by atoms with Crippen molar-refractivity contribution in [1.82, 2.24) is 25.0 Å². The normalized spacial score (nSPS) is 11.0. The second-order valence-electron chi connectivity index (χ2n) is 5.13. The number of nitrogens with zero attached hydrogens (tertiary/aromatic N) is 5. The molecular formula is C15H17FN6O2S. The molecule has 0 saturated heterocycles. The number of benzene rings is 1. The molecule has 10 heteroatoms. The van der Waals surface area contributed by atoms with Gasteiger partial charge in [-0.2, -0.15) is 4.98 Å². The van der Waals surface area contributed by atoms with Crippen LogP contribution in [0.2, 0.25) is 0 Å². The first-order valence-electron chi connectivity index (χ1n) is 7.68. The smallest absolute Gasteiger partial charge is 0.237 e. The van der Waals surface area contributed by atoms with Gasteiger partial charge in [-0.1, -0.05) is 36.0 Å². The minimum atomic E-state index is -0.445. The van der Waals surface area contributed by atoms with Gasteiger partial charge in [0.1, 0.15) is 6.61 Å². The van der Waals surface area contributed by atoms with E-state index < -0.39 is 5.82 Å². The fraction of sp³-hybridized carbons (Fsp3) is 0.333. The fourth-order valence-corrected chi connectivity index (χ4v) is 2.72. The zero-order valence-corrected chi connectivity index (χ0v) is 14.4. The average molecular weight is 364 g/mol. The summed E-state index contributed by atoms with van der Waals surface area (Å²) in [7, 11) is 0. The molecular weight excluding hydrogens is 347 g/mol. The Labute approximate surface area is 147 Å². The maximum atomic E-state index is 13.5. The first-order valence-corrected chi connectivity index (χ1v) is 8.67. The Morgan fingerprint density at radius 2 is 2.16 bits per heavy atom. The molecule has 8 nitrogen and oxygen atoms in total. The summed E-state index contributed by atoms with van der Waals surface area (Å²) in [5.74, 6) is 7.64. The number of hydrogen-bond donors (Lipinski definition) is 1. The van der Waals surface area contributed by atoms with E-state index in [2.05, 4.69) is 20.3 Å². The summed E-state index contributed by atoms with van der Waals surface area (Å²) in [5, 5.41) is 12.3. The van der Waals surface area contributed by atoms with Crippen LogP contribution >= 0.6 is 11.8 Å². The molecule has 2 N–H and O–H groups in total. The average Bonchev–Trinajstić information content (AvgIpc) is 3.20. The number of nitrogens with two attached hydrogens (primary N) is 1. The fourth-order valence-electron chi connectivity index (χ4n) is 2.01. The highest BCUT2D eigenvalue weighted by atomic mass is 32.2. The molecule has 0 aliphatic heterocycles. The minimum absolute atomic E-state index is 0.00615.